The minimum atomic E-state index is -0.199. The number of thioether (sulfide) groups is 1. The van der Waals surface area contributed by atoms with Crippen molar-refractivity contribution in [2.75, 3.05) is 18.6 Å². The Morgan fingerprint density at radius 1 is 1.00 bits per heavy atom. The molecule has 0 radical (unpaired) electrons. The maximum Gasteiger partial charge on any atom is 0.270 e. The van der Waals surface area contributed by atoms with E-state index < -0.39 is 0 Å². The lowest BCUT2D eigenvalue weighted by atomic mass is 10.2. The van der Waals surface area contributed by atoms with Gasteiger partial charge in [0.05, 0.1) is 17.7 Å². The van der Waals surface area contributed by atoms with E-state index in [2.05, 4.69) is 5.32 Å². The summed E-state index contributed by atoms with van der Waals surface area (Å²) in [5, 5.41) is 2.82. The van der Waals surface area contributed by atoms with Crippen LogP contribution in [0.5, 0.6) is 11.5 Å². The van der Waals surface area contributed by atoms with Crippen LogP contribution in [0.3, 0.4) is 0 Å². The first-order valence-electron chi connectivity index (χ1n) is 10.5. The zero-order valence-electron chi connectivity index (χ0n) is 18.4. The van der Waals surface area contributed by atoms with Crippen molar-refractivity contribution >= 4 is 51.9 Å². The summed E-state index contributed by atoms with van der Waals surface area (Å²) in [6.45, 7) is 0.378. The van der Waals surface area contributed by atoms with Gasteiger partial charge in [-0.3, -0.25) is 14.5 Å². The van der Waals surface area contributed by atoms with E-state index in [9.17, 15) is 9.59 Å². The number of benzene rings is 3. The van der Waals surface area contributed by atoms with Gasteiger partial charge in [0.15, 0.2) is 10.9 Å². The molecule has 3 aromatic carbocycles. The van der Waals surface area contributed by atoms with E-state index in [0.29, 0.717) is 33.0 Å². The van der Waals surface area contributed by atoms with Gasteiger partial charge in [0.25, 0.3) is 11.8 Å². The highest BCUT2D eigenvalue weighted by Gasteiger charge is 2.33. The number of hydrogen-bond donors (Lipinski definition) is 1. The second-order valence-corrected chi connectivity index (χ2v) is 9.01. The van der Waals surface area contributed by atoms with Crippen LogP contribution in [0, 0.1) is 0 Å². The van der Waals surface area contributed by atoms with Crippen molar-refractivity contribution in [3.8, 4) is 11.5 Å². The third-order valence-electron chi connectivity index (χ3n) is 5.00. The number of carbonyl (C=O) groups is 2. The summed E-state index contributed by atoms with van der Waals surface area (Å²) in [5.41, 5.74) is 2.55. The third-order valence-corrected chi connectivity index (χ3v) is 6.31. The summed E-state index contributed by atoms with van der Waals surface area (Å²) < 4.78 is 11.2. The quantitative estimate of drug-likeness (QED) is 0.362. The minimum absolute atomic E-state index is 0.0767. The second kappa shape index (κ2) is 11.0. The van der Waals surface area contributed by atoms with Crippen LogP contribution in [0.1, 0.15) is 11.1 Å². The Bertz CT molecular complexity index is 1210. The van der Waals surface area contributed by atoms with E-state index in [1.165, 1.54) is 16.7 Å². The van der Waals surface area contributed by atoms with Crippen LogP contribution in [0.15, 0.2) is 83.8 Å². The van der Waals surface area contributed by atoms with E-state index >= 15 is 0 Å². The summed E-state index contributed by atoms with van der Waals surface area (Å²) in [6.07, 6.45) is 1.79. The molecule has 1 aliphatic heterocycles. The van der Waals surface area contributed by atoms with E-state index in [0.717, 1.165) is 11.1 Å². The molecule has 1 heterocycles. The largest absolute Gasteiger partial charge is 0.497 e. The minimum Gasteiger partial charge on any atom is -0.497 e. The molecule has 0 bridgehead atoms. The Labute approximate surface area is 207 Å². The smallest absolute Gasteiger partial charge is 0.270 e. The van der Waals surface area contributed by atoms with Gasteiger partial charge < -0.3 is 14.8 Å². The van der Waals surface area contributed by atoms with Gasteiger partial charge in [0, 0.05) is 6.54 Å². The number of thiocarbonyl (C=S) groups is 1. The molecule has 0 atom stereocenters. The average molecular weight is 491 g/mol. The van der Waals surface area contributed by atoms with Crippen molar-refractivity contribution in [1.82, 2.24) is 5.32 Å². The van der Waals surface area contributed by atoms with Crippen molar-refractivity contribution in [2.24, 2.45) is 0 Å². The van der Waals surface area contributed by atoms with Crippen LogP contribution in [-0.4, -0.2) is 29.9 Å². The first-order valence-corrected chi connectivity index (χ1v) is 11.7. The number of nitrogens with zero attached hydrogens (tertiary/aromatic N) is 1. The van der Waals surface area contributed by atoms with Gasteiger partial charge in [-0.25, -0.2) is 0 Å². The van der Waals surface area contributed by atoms with E-state index in [-0.39, 0.29) is 18.4 Å². The molecule has 4 rings (SSSR count). The highest BCUT2D eigenvalue weighted by Crippen LogP contribution is 2.36. The normalized spacial score (nSPS) is 14.4. The number of hydrogen-bond acceptors (Lipinski definition) is 6. The number of nitrogens with one attached hydrogen (secondary N) is 1. The van der Waals surface area contributed by atoms with Crippen molar-refractivity contribution in [3.63, 3.8) is 0 Å². The van der Waals surface area contributed by atoms with Crippen LogP contribution in [0.25, 0.3) is 6.08 Å². The lowest BCUT2D eigenvalue weighted by Gasteiger charge is -2.14. The van der Waals surface area contributed by atoms with E-state index in [4.69, 9.17) is 21.7 Å². The number of carbonyl (C=O) groups excluding carboxylic acids is 2. The number of rotatable bonds is 8. The standard InChI is InChI=1S/C26H22N2O4S2/c1-31-21-13-9-20(10-14-21)28-25(30)23(34-26(28)33)15-18-7-11-22(12-8-18)32-17-24(29)27-16-19-5-3-2-4-6-19/h2-15H,16-17H2,1H3,(H,27,29)/b23-15-. The topological polar surface area (TPSA) is 67.9 Å². The second-order valence-electron chi connectivity index (χ2n) is 7.34. The van der Waals surface area contributed by atoms with Crippen LogP contribution in [0.4, 0.5) is 5.69 Å². The van der Waals surface area contributed by atoms with Crippen molar-refractivity contribution < 1.29 is 19.1 Å². The molecular formula is C26H22N2O4S2. The molecule has 0 aromatic heterocycles. The SMILES string of the molecule is COc1ccc(N2C(=O)/C(=C/c3ccc(OCC(=O)NCc4ccccc4)cc3)SC2=S)cc1. The summed E-state index contributed by atoms with van der Waals surface area (Å²) in [6, 6.07) is 24.1. The van der Waals surface area contributed by atoms with Crippen molar-refractivity contribution in [1.29, 1.82) is 0 Å². The maximum atomic E-state index is 12.9. The predicted octanol–water partition coefficient (Wildman–Crippen LogP) is 4.80. The monoisotopic (exact) mass is 490 g/mol. The fourth-order valence-corrected chi connectivity index (χ4v) is 4.53. The van der Waals surface area contributed by atoms with Gasteiger partial charge >= 0.3 is 0 Å². The zero-order chi connectivity index (χ0) is 23.9. The molecule has 34 heavy (non-hydrogen) atoms. The van der Waals surface area contributed by atoms with Gasteiger partial charge in [-0.1, -0.05) is 66.4 Å². The molecule has 8 heteroatoms. The molecule has 172 valence electrons. The fourth-order valence-electron chi connectivity index (χ4n) is 3.23. The molecule has 0 spiro atoms. The molecule has 1 fully saturated rings. The molecule has 0 unspecified atom stereocenters. The van der Waals surface area contributed by atoms with Gasteiger partial charge in [0.2, 0.25) is 0 Å². The summed E-state index contributed by atoms with van der Waals surface area (Å²) in [7, 11) is 1.59. The number of amides is 2. The van der Waals surface area contributed by atoms with Crippen LogP contribution in [0.2, 0.25) is 0 Å². The molecule has 2 amide bonds. The van der Waals surface area contributed by atoms with Gasteiger partial charge in [0.1, 0.15) is 11.5 Å². The highest BCUT2D eigenvalue weighted by atomic mass is 32.2. The highest BCUT2D eigenvalue weighted by molar-refractivity contribution is 8.27. The van der Waals surface area contributed by atoms with Gasteiger partial charge in [-0.15, -0.1) is 0 Å². The average Bonchev–Trinajstić information content (AvgIpc) is 3.15. The Morgan fingerprint density at radius 2 is 1.68 bits per heavy atom. The van der Waals surface area contributed by atoms with Crippen LogP contribution in [-0.2, 0) is 16.1 Å². The summed E-state index contributed by atoms with van der Waals surface area (Å²) >= 11 is 6.68. The van der Waals surface area contributed by atoms with Gasteiger partial charge in [-0.2, -0.15) is 0 Å². The molecule has 1 aliphatic rings. The predicted molar refractivity (Wildman–Crippen MR) is 139 cm³/mol. The molecular weight excluding hydrogens is 468 g/mol. The Kier molecular flexibility index (Phi) is 7.61. The fraction of sp³-hybridized carbons (Fsp3) is 0.115. The lowest BCUT2D eigenvalue weighted by molar-refractivity contribution is -0.123. The molecule has 0 aliphatic carbocycles. The Hall–Kier alpha value is -3.62. The van der Waals surface area contributed by atoms with E-state index in [1.54, 1.807) is 49.6 Å². The number of ether oxygens (including phenoxy) is 2. The maximum absolute atomic E-state index is 12.9. The van der Waals surface area contributed by atoms with Crippen LogP contribution >= 0.6 is 24.0 Å². The van der Waals surface area contributed by atoms with Crippen molar-refractivity contribution in [3.05, 3.63) is 94.9 Å². The lowest BCUT2D eigenvalue weighted by Crippen LogP contribution is -2.28. The molecule has 1 saturated heterocycles. The van der Waals surface area contributed by atoms with Gasteiger partial charge in [-0.05, 0) is 53.6 Å². The molecule has 3 aromatic rings. The first kappa shape index (κ1) is 23.5. The Morgan fingerprint density at radius 3 is 2.35 bits per heavy atom. The summed E-state index contributed by atoms with van der Waals surface area (Å²) in [4.78, 5) is 27.0. The Balaban J connectivity index is 1.33. The third kappa shape index (κ3) is 5.84. The van der Waals surface area contributed by atoms with Crippen molar-refractivity contribution in [2.45, 2.75) is 6.54 Å². The molecule has 6 nitrogen and oxygen atoms in total. The first-order chi connectivity index (χ1) is 16.5. The summed E-state index contributed by atoms with van der Waals surface area (Å²) in [5.74, 6) is 0.907. The van der Waals surface area contributed by atoms with Crippen LogP contribution < -0.4 is 19.7 Å². The zero-order valence-corrected chi connectivity index (χ0v) is 20.0. The van der Waals surface area contributed by atoms with E-state index in [1.807, 2.05) is 42.5 Å². The molecule has 0 saturated carbocycles. The molecule has 1 N–H and O–H groups in total. The number of methoxy groups -OCH3 is 1. The number of anilines is 1.